The molecule has 1 amide bonds. The maximum atomic E-state index is 12.0. The van der Waals surface area contributed by atoms with E-state index in [4.69, 9.17) is 0 Å². The molecule has 0 aliphatic carbocycles. The van der Waals surface area contributed by atoms with Crippen molar-refractivity contribution in [3.63, 3.8) is 0 Å². The molecule has 3 rings (SSSR count). The lowest BCUT2D eigenvalue weighted by Crippen LogP contribution is -2.29. The van der Waals surface area contributed by atoms with Crippen molar-refractivity contribution < 1.29 is 4.79 Å². The first-order valence-corrected chi connectivity index (χ1v) is 6.68. The van der Waals surface area contributed by atoms with Gasteiger partial charge in [-0.15, -0.1) is 5.10 Å². The molecule has 0 atom stereocenters. The van der Waals surface area contributed by atoms with Gasteiger partial charge in [0.25, 0.3) is 5.91 Å². The van der Waals surface area contributed by atoms with E-state index in [1.165, 1.54) is 0 Å². The van der Waals surface area contributed by atoms with E-state index < -0.39 is 0 Å². The number of anilines is 1. The third-order valence-electron chi connectivity index (χ3n) is 3.37. The zero-order valence-electron chi connectivity index (χ0n) is 11.3. The van der Waals surface area contributed by atoms with Gasteiger partial charge in [0.2, 0.25) is 0 Å². The highest BCUT2D eigenvalue weighted by Crippen LogP contribution is 2.17. The van der Waals surface area contributed by atoms with Crippen LogP contribution in [0, 0.1) is 6.92 Å². The maximum absolute atomic E-state index is 12.0. The molecule has 0 radical (unpaired) electrons. The molecule has 8 nitrogen and oxygen atoms in total. The fourth-order valence-corrected chi connectivity index (χ4v) is 2.29. The SMILES string of the molecule is Cc1cc(NC(=O)c2cn(C3CCNCC3)nn2)n[nH]1. The fraction of sp³-hybridized carbons (Fsp3) is 0.500. The molecule has 3 heterocycles. The second-order valence-electron chi connectivity index (χ2n) is 4.96. The maximum Gasteiger partial charge on any atom is 0.279 e. The van der Waals surface area contributed by atoms with Crippen LogP contribution in [0.1, 0.15) is 35.1 Å². The van der Waals surface area contributed by atoms with Crippen molar-refractivity contribution in [2.75, 3.05) is 18.4 Å². The molecule has 3 N–H and O–H groups in total. The van der Waals surface area contributed by atoms with Crippen LogP contribution in [-0.2, 0) is 0 Å². The summed E-state index contributed by atoms with van der Waals surface area (Å²) in [5.74, 6) is 0.195. The number of aromatic nitrogens is 5. The van der Waals surface area contributed by atoms with Crippen LogP contribution in [-0.4, -0.2) is 44.2 Å². The summed E-state index contributed by atoms with van der Waals surface area (Å²) >= 11 is 0. The lowest BCUT2D eigenvalue weighted by Gasteiger charge is -2.21. The lowest BCUT2D eigenvalue weighted by atomic mass is 10.1. The number of aromatic amines is 1. The highest BCUT2D eigenvalue weighted by atomic mass is 16.2. The van der Waals surface area contributed by atoms with Gasteiger partial charge in [-0.05, 0) is 32.9 Å². The monoisotopic (exact) mass is 275 g/mol. The zero-order chi connectivity index (χ0) is 13.9. The van der Waals surface area contributed by atoms with Crippen LogP contribution < -0.4 is 10.6 Å². The molecular weight excluding hydrogens is 258 g/mol. The number of nitrogens with one attached hydrogen (secondary N) is 3. The summed E-state index contributed by atoms with van der Waals surface area (Å²) < 4.78 is 1.78. The van der Waals surface area contributed by atoms with E-state index in [9.17, 15) is 4.79 Å². The molecule has 2 aromatic rings. The minimum absolute atomic E-state index is 0.295. The molecule has 1 fully saturated rings. The zero-order valence-corrected chi connectivity index (χ0v) is 11.3. The van der Waals surface area contributed by atoms with E-state index in [0.29, 0.717) is 17.6 Å². The molecular formula is C12H17N7O. The predicted molar refractivity (Wildman–Crippen MR) is 72.4 cm³/mol. The van der Waals surface area contributed by atoms with Crippen LogP contribution >= 0.6 is 0 Å². The van der Waals surface area contributed by atoms with Gasteiger partial charge in [-0.1, -0.05) is 5.21 Å². The van der Waals surface area contributed by atoms with E-state index in [1.54, 1.807) is 16.9 Å². The Morgan fingerprint density at radius 2 is 2.25 bits per heavy atom. The van der Waals surface area contributed by atoms with Crippen molar-refractivity contribution in [1.29, 1.82) is 0 Å². The van der Waals surface area contributed by atoms with Gasteiger partial charge in [-0.3, -0.25) is 9.89 Å². The van der Waals surface area contributed by atoms with Gasteiger partial charge in [-0.2, -0.15) is 5.10 Å². The number of piperidine rings is 1. The minimum Gasteiger partial charge on any atom is -0.317 e. The Labute approximate surface area is 115 Å². The number of hydrogen-bond donors (Lipinski definition) is 3. The first-order chi connectivity index (χ1) is 9.72. The van der Waals surface area contributed by atoms with Gasteiger partial charge >= 0.3 is 0 Å². The van der Waals surface area contributed by atoms with Gasteiger partial charge < -0.3 is 10.6 Å². The van der Waals surface area contributed by atoms with E-state index in [0.717, 1.165) is 31.6 Å². The third kappa shape index (κ3) is 2.69. The second kappa shape index (κ2) is 5.41. The van der Waals surface area contributed by atoms with Gasteiger partial charge in [-0.25, -0.2) is 4.68 Å². The molecule has 8 heteroatoms. The molecule has 1 aliphatic rings. The number of carbonyl (C=O) groups excluding carboxylic acids is 1. The number of aryl methyl sites for hydroxylation is 1. The van der Waals surface area contributed by atoms with E-state index in [2.05, 4.69) is 31.1 Å². The Morgan fingerprint density at radius 1 is 1.45 bits per heavy atom. The number of amides is 1. The van der Waals surface area contributed by atoms with Crippen LogP contribution in [0.4, 0.5) is 5.82 Å². The number of H-pyrrole nitrogens is 1. The van der Waals surface area contributed by atoms with Gasteiger partial charge in [0.15, 0.2) is 11.5 Å². The van der Waals surface area contributed by atoms with E-state index >= 15 is 0 Å². The van der Waals surface area contributed by atoms with Crippen molar-refractivity contribution >= 4 is 11.7 Å². The van der Waals surface area contributed by atoms with Crippen molar-refractivity contribution in [2.24, 2.45) is 0 Å². The first kappa shape index (κ1) is 12.8. The predicted octanol–water partition coefficient (Wildman–Crippen LogP) is 0.486. The van der Waals surface area contributed by atoms with Crippen LogP contribution in [0.25, 0.3) is 0 Å². The van der Waals surface area contributed by atoms with Crippen LogP contribution in [0.15, 0.2) is 12.3 Å². The third-order valence-corrected chi connectivity index (χ3v) is 3.37. The summed E-state index contributed by atoms with van der Waals surface area (Å²) in [6, 6.07) is 2.08. The Morgan fingerprint density at radius 3 is 2.95 bits per heavy atom. The highest BCUT2D eigenvalue weighted by molar-refractivity contribution is 6.02. The van der Waals surface area contributed by atoms with Crippen molar-refractivity contribution in [2.45, 2.75) is 25.8 Å². The van der Waals surface area contributed by atoms with Crippen LogP contribution in [0.2, 0.25) is 0 Å². The van der Waals surface area contributed by atoms with Crippen LogP contribution in [0.3, 0.4) is 0 Å². The van der Waals surface area contributed by atoms with Gasteiger partial charge in [0, 0.05) is 11.8 Å². The largest absolute Gasteiger partial charge is 0.317 e. The molecule has 0 saturated carbocycles. The fourth-order valence-electron chi connectivity index (χ4n) is 2.29. The van der Waals surface area contributed by atoms with E-state index in [1.807, 2.05) is 6.92 Å². The molecule has 20 heavy (non-hydrogen) atoms. The average molecular weight is 275 g/mol. The molecule has 0 unspecified atom stereocenters. The molecule has 1 aliphatic heterocycles. The number of rotatable bonds is 3. The van der Waals surface area contributed by atoms with Gasteiger partial charge in [0.05, 0.1) is 12.2 Å². The molecule has 0 spiro atoms. The summed E-state index contributed by atoms with van der Waals surface area (Å²) in [6.07, 6.45) is 3.71. The standard InChI is InChI=1S/C12H17N7O/c1-8-6-11(17-15-8)14-12(20)10-7-19(18-16-10)9-2-4-13-5-3-9/h6-7,9,13H,2-5H2,1H3,(H2,14,15,17,20). The topological polar surface area (TPSA) is 101 Å². The number of hydrogen-bond acceptors (Lipinski definition) is 5. The molecule has 1 saturated heterocycles. The smallest absolute Gasteiger partial charge is 0.279 e. The van der Waals surface area contributed by atoms with Crippen molar-refractivity contribution in [3.05, 3.63) is 23.7 Å². The Hall–Kier alpha value is -2.22. The van der Waals surface area contributed by atoms with Crippen LogP contribution in [0.5, 0.6) is 0 Å². The van der Waals surface area contributed by atoms with Crippen molar-refractivity contribution in [3.8, 4) is 0 Å². The average Bonchev–Trinajstić information content (AvgIpc) is 3.09. The Bertz CT molecular complexity index is 596. The molecule has 0 bridgehead atoms. The van der Waals surface area contributed by atoms with Gasteiger partial charge in [0.1, 0.15) is 0 Å². The minimum atomic E-state index is -0.295. The normalized spacial score (nSPS) is 16.2. The summed E-state index contributed by atoms with van der Waals surface area (Å²) in [7, 11) is 0. The summed E-state index contributed by atoms with van der Waals surface area (Å²) in [4.78, 5) is 12.0. The number of carbonyl (C=O) groups is 1. The molecule has 0 aromatic carbocycles. The van der Waals surface area contributed by atoms with Crippen molar-refractivity contribution in [1.82, 2.24) is 30.5 Å². The van der Waals surface area contributed by atoms with E-state index in [-0.39, 0.29) is 5.91 Å². The quantitative estimate of drug-likeness (QED) is 0.756. The molecule has 2 aromatic heterocycles. The highest BCUT2D eigenvalue weighted by Gasteiger charge is 2.19. The lowest BCUT2D eigenvalue weighted by molar-refractivity contribution is 0.102. The molecule has 106 valence electrons. The second-order valence-corrected chi connectivity index (χ2v) is 4.96. The summed E-state index contributed by atoms with van der Waals surface area (Å²) in [5.41, 5.74) is 1.20. The Balaban J connectivity index is 1.67. The first-order valence-electron chi connectivity index (χ1n) is 6.68. The Kier molecular flexibility index (Phi) is 3.46. The summed E-state index contributed by atoms with van der Waals surface area (Å²) in [5, 5.41) is 20.7. The summed E-state index contributed by atoms with van der Waals surface area (Å²) in [6.45, 7) is 3.81. The number of nitrogens with zero attached hydrogens (tertiary/aromatic N) is 4.